The van der Waals surface area contributed by atoms with Crippen LogP contribution in [0.15, 0.2) is 28.2 Å². The molecule has 0 radical (unpaired) electrons. The number of hydrogen-bond donors (Lipinski definition) is 0. The molecular weight excluding hydrogens is 456 g/mol. The van der Waals surface area contributed by atoms with Gasteiger partial charge >= 0.3 is 0 Å². The first-order chi connectivity index (χ1) is 15.8. The van der Waals surface area contributed by atoms with E-state index in [9.17, 15) is 4.79 Å². The number of thioether (sulfide) groups is 1. The molecule has 0 N–H and O–H groups in total. The Morgan fingerprint density at radius 2 is 2.03 bits per heavy atom. The highest BCUT2D eigenvalue weighted by Crippen LogP contribution is 2.43. The summed E-state index contributed by atoms with van der Waals surface area (Å²) >= 11 is 3.37. The smallest absolute Gasteiger partial charge is 0.263 e. The van der Waals surface area contributed by atoms with Crippen LogP contribution in [0.3, 0.4) is 0 Å². The molecule has 7 nitrogen and oxygen atoms in total. The molecule has 1 aliphatic carbocycles. The molecule has 2 aliphatic rings. The Morgan fingerprint density at radius 3 is 2.85 bits per heavy atom. The summed E-state index contributed by atoms with van der Waals surface area (Å²) in [6, 6.07) is 6.01. The molecule has 0 amide bonds. The van der Waals surface area contributed by atoms with E-state index in [2.05, 4.69) is 35.4 Å². The fraction of sp³-hybridized carbons (Fsp3) is 0.458. The highest BCUT2D eigenvalue weighted by atomic mass is 32.2. The molecule has 0 saturated heterocycles. The maximum Gasteiger partial charge on any atom is 0.263 e. The maximum absolute atomic E-state index is 13.3. The van der Waals surface area contributed by atoms with E-state index in [4.69, 9.17) is 9.47 Å². The topological polar surface area (TPSA) is 70.7 Å². The molecule has 4 heterocycles. The number of thiophene rings is 1. The summed E-state index contributed by atoms with van der Waals surface area (Å²) in [6.45, 7) is 7.22. The van der Waals surface area contributed by atoms with Gasteiger partial charge < -0.3 is 9.47 Å². The van der Waals surface area contributed by atoms with E-state index in [-0.39, 0.29) is 17.8 Å². The molecule has 6 rings (SSSR count). The van der Waals surface area contributed by atoms with Gasteiger partial charge in [0.15, 0.2) is 16.7 Å². The van der Waals surface area contributed by atoms with Gasteiger partial charge in [0.1, 0.15) is 4.83 Å². The summed E-state index contributed by atoms with van der Waals surface area (Å²) in [7, 11) is 1.79. The molecule has 0 fully saturated rings. The van der Waals surface area contributed by atoms with Crippen molar-refractivity contribution in [3.05, 3.63) is 44.6 Å². The van der Waals surface area contributed by atoms with E-state index in [1.54, 1.807) is 34.7 Å². The quantitative estimate of drug-likeness (QED) is 0.390. The van der Waals surface area contributed by atoms with Crippen molar-refractivity contribution in [2.45, 2.75) is 50.9 Å². The van der Waals surface area contributed by atoms with E-state index in [0.717, 1.165) is 57.5 Å². The number of rotatable bonds is 3. The largest absolute Gasteiger partial charge is 0.454 e. The Bertz CT molecular complexity index is 1460. The van der Waals surface area contributed by atoms with Crippen LogP contribution in [0.1, 0.15) is 43.2 Å². The van der Waals surface area contributed by atoms with Gasteiger partial charge in [-0.15, -0.1) is 21.5 Å². The van der Waals surface area contributed by atoms with E-state index >= 15 is 0 Å². The van der Waals surface area contributed by atoms with Crippen LogP contribution in [-0.2, 0) is 25.6 Å². The molecule has 9 heteroatoms. The number of benzene rings is 1. The van der Waals surface area contributed by atoms with Gasteiger partial charge in [-0.2, -0.15) is 0 Å². The fourth-order valence-electron chi connectivity index (χ4n) is 4.88. The van der Waals surface area contributed by atoms with Gasteiger partial charge in [0.2, 0.25) is 12.6 Å². The van der Waals surface area contributed by atoms with E-state index in [1.807, 2.05) is 18.2 Å². The van der Waals surface area contributed by atoms with E-state index in [1.165, 1.54) is 10.4 Å². The molecular formula is C24H26N4O3S2. The zero-order chi connectivity index (χ0) is 22.9. The number of fused-ring (bicyclic) bond motifs is 6. The monoisotopic (exact) mass is 482 g/mol. The number of nitrogens with zero attached hydrogens (tertiary/aromatic N) is 4. The standard InChI is InChI=1S/C24H26N4O3S2/c1-24(2,3)14-6-7-15-18(10-14)33-21-19(15)20(29)27(4)22-25-26-23(28(21)22)32-11-13-5-8-16-17(9-13)31-12-30-16/h5,8-9,14H,6-7,10-12H2,1-4H3. The third-order valence-corrected chi connectivity index (χ3v) is 9.15. The summed E-state index contributed by atoms with van der Waals surface area (Å²) in [4.78, 5) is 15.6. The Kier molecular flexibility index (Phi) is 4.78. The van der Waals surface area contributed by atoms with Gasteiger partial charge in [-0.1, -0.05) is 38.6 Å². The van der Waals surface area contributed by atoms with Crippen molar-refractivity contribution in [3.63, 3.8) is 0 Å². The van der Waals surface area contributed by atoms with Crippen molar-refractivity contribution in [2.24, 2.45) is 18.4 Å². The van der Waals surface area contributed by atoms with Crippen molar-refractivity contribution in [3.8, 4) is 11.5 Å². The Labute approximate surface area is 199 Å². The molecule has 1 atom stereocenters. The van der Waals surface area contributed by atoms with Crippen LogP contribution in [0.4, 0.5) is 0 Å². The lowest BCUT2D eigenvalue weighted by molar-refractivity contribution is 0.174. The molecule has 33 heavy (non-hydrogen) atoms. The van der Waals surface area contributed by atoms with Gasteiger partial charge in [-0.05, 0) is 53.9 Å². The first kappa shape index (κ1) is 21.0. The average Bonchev–Trinajstić information content (AvgIpc) is 3.50. The molecule has 0 bridgehead atoms. The van der Waals surface area contributed by atoms with Gasteiger partial charge in [-0.25, -0.2) is 4.40 Å². The lowest BCUT2D eigenvalue weighted by atomic mass is 9.72. The van der Waals surface area contributed by atoms with Crippen molar-refractivity contribution in [1.82, 2.24) is 19.2 Å². The zero-order valence-corrected chi connectivity index (χ0v) is 20.8. The SMILES string of the molecule is Cn1c(=O)c2c3c(sc2n2c(SCc4ccc5c(c4)OCO5)nnc12)CC(C(C)(C)C)CC3. The Balaban J connectivity index is 1.42. The van der Waals surface area contributed by atoms with Crippen LogP contribution in [-0.4, -0.2) is 26.0 Å². The lowest BCUT2D eigenvalue weighted by Gasteiger charge is -2.33. The number of aryl methyl sites for hydroxylation is 2. The molecule has 172 valence electrons. The maximum atomic E-state index is 13.3. The second-order valence-corrected chi connectivity index (χ2v) is 12.0. The summed E-state index contributed by atoms with van der Waals surface area (Å²) in [5.41, 5.74) is 2.65. The first-order valence-electron chi connectivity index (χ1n) is 11.2. The summed E-state index contributed by atoms with van der Waals surface area (Å²) in [6.07, 6.45) is 3.11. The second-order valence-electron chi connectivity index (χ2n) is 9.95. The van der Waals surface area contributed by atoms with Crippen molar-refractivity contribution in [1.29, 1.82) is 0 Å². The third-order valence-electron chi connectivity index (χ3n) is 6.91. The Hall–Kier alpha value is -2.52. The van der Waals surface area contributed by atoms with Crippen LogP contribution in [0.5, 0.6) is 11.5 Å². The van der Waals surface area contributed by atoms with Crippen LogP contribution < -0.4 is 15.0 Å². The average molecular weight is 483 g/mol. The number of hydrogen-bond acceptors (Lipinski definition) is 7. The highest BCUT2D eigenvalue weighted by molar-refractivity contribution is 7.98. The molecule has 1 aromatic carbocycles. The minimum Gasteiger partial charge on any atom is -0.454 e. The van der Waals surface area contributed by atoms with Crippen LogP contribution in [0, 0.1) is 11.3 Å². The molecule has 0 spiro atoms. The first-order valence-corrected chi connectivity index (χ1v) is 13.0. The van der Waals surface area contributed by atoms with Crippen molar-refractivity contribution >= 4 is 39.1 Å². The normalized spacial score (nSPS) is 17.8. The minimum absolute atomic E-state index is 0.0314. The van der Waals surface area contributed by atoms with Crippen molar-refractivity contribution in [2.75, 3.05) is 6.79 Å². The number of ether oxygens (including phenoxy) is 2. The van der Waals surface area contributed by atoms with Gasteiger partial charge in [0, 0.05) is 17.7 Å². The third kappa shape index (κ3) is 3.35. The van der Waals surface area contributed by atoms with E-state index < -0.39 is 0 Å². The lowest BCUT2D eigenvalue weighted by Crippen LogP contribution is -2.27. The van der Waals surface area contributed by atoms with Crippen molar-refractivity contribution < 1.29 is 9.47 Å². The van der Waals surface area contributed by atoms with Gasteiger partial charge in [0.25, 0.3) is 5.56 Å². The Morgan fingerprint density at radius 1 is 1.21 bits per heavy atom. The minimum atomic E-state index is 0.0314. The molecule has 1 aliphatic heterocycles. The predicted molar refractivity (Wildman–Crippen MR) is 131 cm³/mol. The molecule has 4 aromatic rings. The molecule has 1 unspecified atom stereocenters. The molecule has 0 saturated carbocycles. The highest BCUT2D eigenvalue weighted by Gasteiger charge is 2.32. The van der Waals surface area contributed by atoms with E-state index in [0.29, 0.717) is 11.7 Å². The van der Waals surface area contributed by atoms with Crippen LogP contribution >= 0.6 is 23.1 Å². The summed E-state index contributed by atoms with van der Waals surface area (Å²) in [5.74, 6) is 3.50. The van der Waals surface area contributed by atoms with Gasteiger partial charge in [0.05, 0.1) is 5.39 Å². The fourth-order valence-corrected chi connectivity index (χ4v) is 7.23. The second kappa shape index (κ2) is 7.50. The molecule has 3 aromatic heterocycles. The van der Waals surface area contributed by atoms with Crippen LogP contribution in [0.2, 0.25) is 0 Å². The predicted octanol–water partition coefficient (Wildman–Crippen LogP) is 4.81. The number of aromatic nitrogens is 4. The zero-order valence-electron chi connectivity index (χ0n) is 19.2. The van der Waals surface area contributed by atoms with Gasteiger partial charge in [-0.3, -0.25) is 9.36 Å². The summed E-state index contributed by atoms with van der Waals surface area (Å²) < 4.78 is 14.6. The summed E-state index contributed by atoms with van der Waals surface area (Å²) in [5, 5.41) is 10.5. The van der Waals surface area contributed by atoms with Crippen LogP contribution in [0.25, 0.3) is 16.0 Å².